The van der Waals surface area contributed by atoms with Gasteiger partial charge in [0.2, 0.25) is 0 Å². The highest BCUT2D eigenvalue weighted by atomic mass is 79.9. The summed E-state index contributed by atoms with van der Waals surface area (Å²) in [6.45, 7) is 0.578. The summed E-state index contributed by atoms with van der Waals surface area (Å²) in [5.74, 6) is -0.264. The van der Waals surface area contributed by atoms with Crippen LogP contribution in [0.15, 0.2) is 41.1 Å². The second-order valence-corrected chi connectivity index (χ2v) is 9.37. The van der Waals surface area contributed by atoms with Crippen molar-refractivity contribution in [2.45, 2.75) is 44.7 Å². The van der Waals surface area contributed by atoms with Crippen molar-refractivity contribution in [3.05, 3.63) is 52.5 Å². The van der Waals surface area contributed by atoms with Crippen LogP contribution in [0.1, 0.15) is 37.7 Å². The highest BCUT2D eigenvalue weighted by Gasteiger charge is 2.15. The van der Waals surface area contributed by atoms with Crippen molar-refractivity contribution in [1.82, 2.24) is 14.5 Å². The van der Waals surface area contributed by atoms with Crippen molar-refractivity contribution in [3.63, 3.8) is 0 Å². The predicted molar refractivity (Wildman–Crippen MR) is 117 cm³/mol. The molecular formula is C21H20BrFN4S. The molecule has 1 N–H and O–H groups in total. The fraction of sp³-hybridized carbons (Fsp3) is 0.333. The van der Waals surface area contributed by atoms with E-state index in [0.717, 1.165) is 20.9 Å². The Labute approximate surface area is 174 Å². The van der Waals surface area contributed by atoms with E-state index >= 15 is 0 Å². The van der Waals surface area contributed by atoms with Gasteiger partial charge < -0.3 is 9.88 Å². The van der Waals surface area contributed by atoms with Crippen LogP contribution in [0.4, 0.5) is 9.52 Å². The molecule has 1 fully saturated rings. The maximum Gasteiger partial charge on any atom is 0.184 e. The van der Waals surface area contributed by atoms with Crippen LogP contribution in [-0.4, -0.2) is 20.6 Å². The van der Waals surface area contributed by atoms with Gasteiger partial charge in [-0.1, -0.05) is 52.6 Å². The van der Waals surface area contributed by atoms with Gasteiger partial charge in [-0.25, -0.2) is 14.4 Å². The molecule has 28 heavy (non-hydrogen) atoms. The minimum atomic E-state index is -0.264. The largest absolute Gasteiger partial charge is 0.359 e. The molecule has 144 valence electrons. The Morgan fingerprint density at radius 2 is 2.00 bits per heavy atom. The van der Waals surface area contributed by atoms with E-state index in [1.54, 1.807) is 17.7 Å². The smallest absolute Gasteiger partial charge is 0.184 e. The molecule has 1 saturated carbocycles. The molecule has 1 aliphatic carbocycles. The number of aromatic nitrogens is 3. The lowest BCUT2D eigenvalue weighted by atomic mass is 9.96. The molecule has 4 nitrogen and oxygen atoms in total. The average molecular weight is 459 g/mol. The number of halogens is 2. The number of hydrogen-bond donors (Lipinski definition) is 1. The molecule has 0 atom stereocenters. The first-order chi connectivity index (χ1) is 13.7. The van der Waals surface area contributed by atoms with Gasteiger partial charge in [-0.15, -0.1) is 0 Å². The molecule has 0 aliphatic heterocycles. The fourth-order valence-electron chi connectivity index (χ4n) is 3.99. The Hall–Kier alpha value is -1.99. The standard InChI is InChI=1S/C21H20BrFN4S/c22-14-9-16(23)20-18(10-14)24-12-27(20)11-13-6-7-17-19(8-13)28-21(26-17)25-15-4-2-1-3-5-15/h6-10,12,15H,1-5,11H2,(H,25,26). The van der Waals surface area contributed by atoms with Gasteiger partial charge in [0, 0.05) is 17.1 Å². The molecule has 2 aromatic heterocycles. The monoisotopic (exact) mass is 458 g/mol. The molecular weight excluding hydrogens is 439 g/mol. The summed E-state index contributed by atoms with van der Waals surface area (Å²) in [5, 5.41) is 4.61. The number of imidazole rings is 1. The maximum absolute atomic E-state index is 14.4. The molecule has 2 heterocycles. The number of hydrogen-bond acceptors (Lipinski definition) is 4. The Morgan fingerprint density at radius 1 is 1.14 bits per heavy atom. The van der Waals surface area contributed by atoms with Gasteiger partial charge in [-0.2, -0.15) is 0 Å². The highest BCUT2D eigenvalue weighted by molar-refractivity contribution is 9.10. The molecule has 4 aromatic rings. The van der Waals surface area contributed by atoms with E-state index < -0.39 is 0 Å². The number of thiazole rings is 1. The molecule has 7 heteroatoms. The number of rotatable bonds is 4. The zero-order valence-corrected chi connectivity index (χ0v) is 17.7. The number of nitrogens with zero attached hydrogens (tertiary/aromatic N) is 3. The molecule has 0 spiro atoms. The zero-order valence-electron chi connectivity index (χ0n) is 15.3. The van der Waals surface area contributed by atoms with Gasteiger partial charge in [0.15, 0.2) is 5.13 Å². The normalized spacial score (nSPS) is 15.5. The van der Waals surface area contributed by atoms with E-state index in [-0.39, 0.29) is 5.82 Å². The summed E-state index contributed by atoms with van der Waals surface area (Å²) >= 11 is 5.02. The first-order valence-corrected chi connectivity index (χ1v) is 11.2. The minimum Gasteiger partial charge on any atom is -0.359 e. The van der Waals surface area contributed by atoms with Crippen molar-refractivity contribution in [2.75, 3.05) is 5.32 Å². The summed E-state index contributed by atoms with van der Waals surface area (Å²) in [4.78, 5) is 9.08. The summed E-state index contributed by atoms with van der Waals surface area (Å²) in [7, 11) is 0. The second kappa shape index (κ2) is 7.44. The van der Waals surface area contributed by atoms with E-state index in [1.807, 2.05) is 10.6 Å². The molecule has 0 amide bonds. The highest BCUT2D eigenvalue weighted by Crippen LogP contribution is 2.30. The SMILES string of the molecule is Fc1cc(Br)cc2ncn(Cc3ccc4nc(NC5CCCCC5)sc4c3)c12. The quantitative estimate of drug-likeness (QED) is 0.387. The third-order valence-corrected chi connectivity index (χ3v) is 6.78. The fourth-order valence-corrected chi connectivity index (χ4v) is 5.42. The van der Waals surface area contributed by atoms with E-state index in [9.17, 15) is 4.39 Å². The van der Waals surface area contributed by atoms with Crippen LogP contribution in [-0.2, 0) is 6.54 Å². The Balaban J connectivity index is 1.41. The topological polar surface area (TPSA) is 42.7 Å². The Morgan fingerprint density at radius 3 is 2.86 bits per heavy atom. The van der Waals surface area contributed by atoms with E-state index in [2.05, 4.69) is 44.4 Å². The molecule has 2 aromatic carbocycles. The summed E-state index contributed by atoms with van der Waals surface area (Å²) < 4.78 is 18.1. The molecule has 0 bridgehead atoms. The minimum absolute atomic E-state index is 0.264. The molecule has 0 radical (unpaired) electrons. The van der Waals surface area contributed by atoms with Crippen molar-refractivity contribution < 1.29 is 4.39 Å². The summed E-state index contributed by atoms with van der Waals surface area (Å²) in [6, 6.07) is 10.1. The number of benzene rings is 2. The average Bonchev–Trinajstić information content (AvgIpc) is 3.26. The molecule has 1 aliphatic rings. The lowest BCUT2D eigenvalue weighted by Crippen LogP contribution is -2.21. The van der Waals surface area contributed by atoms with Crippen LogP contribution in [0.5, 0.6) is 0 Å². The van der Waals surface area contributed by atoms with Crippen LogP contribution >= 0.6 is 27.3 Å². The van der Waals surface area contributed by atoms with Crippen molar-refractivity contribution >= 4 is 53.6 Å². The zero-order chi connectivity index (χ0) is 19.1. The van der Waals surface area contributed by atoms with Gasteiger partial charge in [0.25, 0.3) is 0 Å². The first kappa shape index (κ1) is 18.1. The third kappa shape index (κ3) is 3.53. The number of anilines is 1. The van der Waals surface area contributed by atoms with Gasteiger partial charge in [-0.3, -0.25) is 0 Å². The third-order valence-electron chi connectivity index (χ3n) is 5.37. The van der Waals surface area contributed by atoms with Gasteiger partial charge >= 0.3 is 0 Å². The first-order valence-electron chi connectivity index (χ1n) is 9.61. The van der Waals surface area contributed by atoms with Gasteiger partial charge in [-0.05, 0) is 42.7 Å². The van der Waals surface area contributed by atoms with Crippen LogP contribution in [0, 0.1) is 5.82 Å². The van der Waals surface area contributed by atoms with E-state index in [0.29, 0.717) is 28.1 Å². The summed E-state index contributed by atoms with van der Waals surface area (Å²) in [6.07, 6.45) is 8.12. The van der Waals surface area contributed by atoms with E-state index in [1.165, 1.54) is 38.2 Å². The van der Waals surface area contributed by atoms with Gasteiger partial charge in [0.05, 0.1) is 22.1 Å². The second-order valence-electron chi connectivity index (χ2n) is 7.43. The van der Waals surface area contributed by atoms with Crippen molar-refractivity contribution in [2.24, 2.45) is 0 Å². The predicted octanol–water partition coefficient (Wildman–Crippen LogP) is 6.34. The van der Waals surface area contributed by atoms with Crippen molar-refractivity contribution in [3.8, 4) is 0 Å². The molecule has 5 rings (SSSR count). The Kier molecular flexibility index (Phi) is 4.80. The van der Waals surface area contributed by atoms with Crippen LogP contribution < -0.4 is 5.32 Å². The maximum atomic E-state index is 14.4. The lowest BCUT2D eigenvalue weighted by Gasteiger charge is -2.22. The van der Waals surface area contributed by atoms with Crippen LogP contribution in [0.3, 0.4) is 0 Å². The van der Waals surface area contributed by atoms with E-state index in [4.69, 9.17) is 4.98 Å². The number of nitrogens with one attached hydrogen (secondary N) is 1. The molecule has 0 unspecified atom stereocenters. The van der Waals surface area contributed by atoms with Crippen LogP contribution in [0.25, 0.3) is 21.3 Å². The van der Waals surface area contributed by atoms with Crippen LogP contribution in [0.2, 0.25) is 0 Å². The lowest BCUT2D eigenvalue weighted by molar-refractivity contribution is 0.462. The summed E-state index contributed by atoms with van der Waals surface area (Å²) in [5.41, 5.74) is 3.32. The Bertz CT molecular complexity index is 1150. The molecule has 0 saturated heterocycles. The number of fused-ring (bicyclic) bond motifs is 2. The van der Waals surface area contributed by atoms with Crippen molar-refractivity contribution in [1.29, 1.82) is 0 Å². The van der Waals surface area contributed by atoms with Gasteiger partial charge in [0.1, 0.15) is 11.3 Å².